The highest BCUT2D eigenvalue weighted by atomic mass is 32.2. The first-order valence-electron chi connectivity index (χ1n) is 12.9. The zero-order valence-corrected chi connectivity index (χ0v) is 24.0. The van der Waals surface area contributed by atoms with Gasteiger partial charge in [0, 0.05) is 41.1 Å². The number of hydrogen-bond donors (Lipinski definition) is 0. The number of amides is 1. The van der Waals surface area contributed by atoms with Crippen LogP contribution in [-0.2, 0) is 20.4 Å². The van der Waals surface area contributed by atoms with Crippen molar-refractivity contribution in [1.29, 1.82) is 0 Å². The summed E-state index contributed by atoms with van der Waals surface area (Å²) in [7, 11) is -3.29. The Labute approximate surface area is 238 Å². The van der Waals surface area contributed by atoms with Gasteiger partial charge in [-0.05, 0) is 56.5 Å². The molecule has 13 heteroatoms. The van der Waals surface area contributed by atoms with E-state index >= 15 is 0 Å². The lowest BCUT2D eigenvalue weighted by Crippen LogP contribution is -2.39. The third kappa shape index (κ3) is 5.04. The largest absolute Gasteiger partial charge is 0.361 e. The summed E-state index contributed by atoms with van der Waals surface area (Å²) in [5.41, 5.74) is 3.96. The summed E-state index contributed by atoms with van der Waals surface area (Å²) in [4.78, 5) is 24.8. The van der Waals surface area contributed by atoms with Gasteiger partial charge < -0.3 is 9.42 Å². The predicted molar refractivity (Wildman–Crippen MR) is 151 cm³/mol. The molecule has 3 aromatic heterocycles. The van der Waals surface area contributed by atoms with E-state index in [1.807, 2.05) is 36.6 Å². The second-order valence-electron chi connectivity index (χ2n) is 10.2. The van der Waals surface area contributed by atoms with Gasteiger partial charge in [-0.25, -0.2) is 27.2 Å². The van der Waals surface area contributed by atoms with Gasteiger partial charge in [0.15, 0.2) is 26.6 Å². The van der Waals surface area contributed by atoms with Gasteiger partial charge in [-0.1, -0.05) is 11.2 Å². The van der Waals surface area contributed by atoms with Crippen LogP contribution in [0.4, 0.5) is 14.5 Å². The predicted octanol–water partition coefficient (Wildman–Crippen LogP) is 5.83. The van der Waals surface area contributed by atoms with E-state index in [-0.39, 0.29) is 23.8 Å². The summed E-state index contributed by atoms with van der Waals surface area (Å²) in [5, 5.41) is 4.53. The highest BCUT2D eigenvalue weighted by Crippen LogP contribution is 2.40. The van der Waals surface area contributed by atoms with Crippen LogP contribution in [0.3, 0.4) is 0 Å². The second kappa shape index (κ2) is 10.1. The Hall–Kier alpha value is -3.97. The molecule has 1 atom stereocenters. The molecule has 0 radical (unpaired) electrons. The molecule has 1 amide bonds. The summed E-state index contributed by atoms with van der Waals surface area (Å²) in [6.45, 7) is 3.68. The molecule has 0 aliphatic carbocycles. The van der Waals surface area contributed by atoms with E-state index < -0.39 is 27.5 Å². The minimum Gasteiger partial charge on any atom is -0.361 e. The Kier molecular flexibility index (Phi) is 6.73. The molecule has 6 rings (SSSR count). The average molecular weight is 598 g/mol. The van der Waals surface area contributed by atoms with Gasteiger partial charge in [-0.15, -0.1) is 11.3 Å². The Balaban J connectivity index is 1.56. The molecule has 0 bridgehead atoms. The number of thiazole rings is 1. The Bertz CT molecular complexity index is 1910. The van der Waals surface area contributed by atoms with Crippen LogP contribution in [0.15, 0.2) is 47.1 Å². The third-order valence-corrected chi connectivity index (χ3v) is 9.07. The topological polar surface area (TPSA) is 111 Å². The number of halogens is 2. The first-order chi connectivity index (χ1) is 19.5. The molecule has 1 fully saturated rings. The lowest BCUT2D eigenvalue weighted by Gasteiger charge is -2.35. The van der Waals surface area contributed by atoms with Crippen molar-refractivity contribution in [3.8, 4) is 16.3 Å². The number of rotatable bonds is 6. The number of carbonyl (C=O) groups excluding carboxylic acids is 1. The fourth-order valence-corrected chi connectivity index (χ4v) is 7.57. The van der Waals surface area contributed by atoms with Gasteiger partial charge in [-0.2, -0.15) is 0 Å². The molecule has 0 N–H and O–H groups in total. The zero-order valence-electron chi connectivity index (χ0n) is 22.4. The molecule has 212 valence electrons. The van der Waals surface area contributed by atoms with Gasteiger partial charge in [0.2, 0.25) is 5.91 Å². The lowest BCUT2D eigenvalue weighted by molar-refractivity contribution is -0.120. The number of anilines is 1. The van der Waals surface area contributed by atoms with Crippen molar-refractivity contribution in [2.45, 2.75) is 44.9 Å². The first kappa shape index (κ1) is 27.2. The number of piperidine rings is 1. The molecule has 0 saturated carbocycles. The van der Waals surface area contributed by atoms with Gasteiger partial charge >= 0.3 is 0 Å². The highest BCUT2D eigenvalue weighted by molar-refractivity contribution is 7.90. The monoisotopic (exact) mass is 597 g/mol. The fourth-order valence-electron chi connectivity index (χ4n) is 5.37. The summed E-state index contributed by atoms with van der Waals surface area (Å²) in [5.74, 6) is -1.31. The summed E-state index contributed by atoms with van der Waals surface area (Å²) >= 11 is 1.21. The minimum absolute atomic E-state index is 0.161. The standard InChI is InChI=1S/C28H25F2N5O4S2/c1-15-26(16(2)39-33-15)17-7-10-23-22(11-17)32-27(35(23)28-31-13-19(40-28)14-41(3,37)38)24-5-4-6-25(36)34(24)18-8-9-20(29)21(30)12-18/h7-13,24H,4-6,14H2,1-3H3. The van der Waals surface area contributed by atoms with Crippen molar-refractivity contribution in [3.05, 3.63) is 76.4 Å². The van der Waals surface area contributed by atoms with E-state index in [2.05, 4.69) is 10.1 Å². The van der Waals surface area contributed by atoms with E-state index in [4.69, 9.17) is 9.51 Å². The van der Waals surface area contributed by atoms with E-state index in [0.29, 0.717) is 45.5 Å². The van der Waals surface area contributed by atoms with Crippen molar-refractivity contribution in [3.63, 3.8) is 0 Å². The number of nitrogens with zero attached hydrogens (tertiary/aromatic N) is 5. The molecule has 1 aliphatic rings. The molecule has 1 saturated heterocycles. The average Bonchev–Trinajstić information content (AvgIpc) is 3.60. The van der Waals surface area contributed by atoms with Crippen LogP contribution in [0.1, 0.15) is 47.5 Å². The number of benzene rings is 2. The van der Waals surface area contributed by atoms with Gasteiger partial charge in [0.05, 0.1) is 28.5 Å². The number of imidazole rings is 1. The molecule has 1 aliphatic heterocycles. The molecular weight excluding hydrogens is 572 g/mol. The smallest absolute Gasteiger partial charge is 0.227 e. The molecule has 41 heavy (non-hydrogen) atoms. The molecule has 5 aromatic rings. The normalized spacial score (nSPS) is 16.2. The van der Waals surface area contributed by atoms with Crippen molar-refractivity contribution >= 4 is 43.8 Å². The maximum atomic E-state index is 14.3. The number of sulfone groups is 1. The zero-order chi connectivity index (χ0) is 29.1. The summed E-state index contributed by atoms with van der Waals surface area (Å²) in [6, 6.07) is 8.49. The van der Waals surface area contributed by atoms with Crippen LogP contribution >= 0.6 is 11.3 Å². The summed E-state index contributed by atoms with van der Waals surface area (Å²) in [6.07, 6.45) is 4.03. The summed E-state index contributed by atoms with van der Waals surface area (Å²) < 4.78 is 59.2. The molecule has 1 unspecified atom stereocenters. The van der Waals surface area contributed by atoms with E-state index in [1.165, 1.54) is 28.5 Å². The van der Waals surface area contributed by atoms with Crippen LogP contribution in [-0.4, -0.2) is 40.3 Å². The van der Waals surface area contributed by atoms with Crippen molar-refractivity contribution < 1.29 is 26.5 Å². The Morgan fingerprint density at radius 2 is 1.93 bits per heavy atom. The van der Waals surface area contributed by atoms with Gasteiger partial charge in [-0.3, -0.25) is 9.36 Å². The van der Waals surface area contributed by atoms with Crippen molar-refractivity contribution in [1.82, 2.24) is 19.7 Å². The van der Waals surface area contributed by atoms with E-state index in [0.717, 1.165) is 35.2 Å². The minimum atomic E-state index is -3.29. The van der Waals surface area contributed by atoms with E-state index in [1.54, 1.807) is 0 Å². The maximum absolute atomic E-state index is 14.3. The third-order valence-electron chi connectivity index (χ3n) is 7.07. The quantitative estimate of drug-likeness (QED) is 0.242. The number of carbonyl (C=O) groups is 1. The van der Waals surface area contributed by atoms with Crippen molar-refractivity contribution in [2.75, 3.05) is 11.2 Å². The Morgan fingerprint density at radius 1 is 1.12 bits per heavy atom. The highest BCUT2D eigenvalue weighted by Gasteiger charge is 2.35. The fraction of sp³-hybridized carbons (Fsp3) is 0.286. The Morgan fingerprint density at radius 3 is 2.63 bits per heavy atom. The molecule has 9 nitrogen and oxygen atoms in total. The van der Waals surface area contributed by atoms with Crippen LogP contribution in [0.5, 0.6) is 0 Å². The molecule has 0 spiro atoms. The van der Waals surface area contributed by atoms with Crippen LogP contribution in [0.25, 0.3) is 27.3 Å². The molecular formula is C28H25F2N5O4S2. The number of aryl methyl sites for hydroxylation is 2. The van der Waals surface area contributed by atoms with Crippen LogP contribution in [0, 0.1) is 25.5 Å². The van der Waals surface area contributed by atoms with Gasteiger partial charge in [0.1, 0.15) is 11.6 Å². The van der Waals surface area contributed by atoms with E-state index in [9.17, 15) is 22.0 Å². The lowest BCUT2D eigenvalue weighted by atomic mass is 9.99. The SMILES string of the molecule is Cc1noc(C)c1-c1ccc2c(c1)nc(C1CCCC(=O)N1c1ccc(F)c(F)c1)n2-c1ncc(CS(C)(=O)=O)s1. The second-order valence-corrected chi connectivity index (χ2v) is 13.4. The molecule has 4 heterocycles. The van der Waals surface area contributed by atoms with Crippen LogP contribution in [0.2, 0.25) is 0 Å². The maximum Gasteiger partial charge on any atom is 0.227 e. The number of fused-ring (bicyclic) bond motifs is 1. The first-order valence-corrected chi connectivity index (χ1v) is 15.7. The molecule has 2 aromatic carbocycles. The van der Waals surface area contributed by atoms with Crippen molar-refractivity contribution in [2.24, 2.45) is 0 Å². The number of aromatic nitrogens is 4. The number of hydrogen-bond acceptors (Lipinski definition) is 8. The van der Waals surface area contributed by atoms with Gasteiger partial charge in [0.25, 0.3) is 0 Å². The van der Waals surface area contributed by atoms with Crippen LogP contribution < -0.4 is 4.90 Å².